The van der Waals surface area contributed by atoms with Gasteiger partial charge in [0.05, 0.1) is 17.1 Å². The summed E-state index contributed by atoms with van der Waals surface area (Å²) in [7, 11) is 1.77. The Morgan fingerprint density at radius 1 is 1.29 bits per heavy atom. The van der Waals surface area contributed by atoms with Crippen LogP contribution in [0.3, 0.4) is 0 Å². The highest BCUT2D eigenvalue weighted by Gasteiger charge is 2.17. The summed E-state index contributed by atoms with van der Waals surface area (Å²) in [5.74, 6) is -1.67. The van der Waals surface area contributed by atoms with Crippen LogP contribution in [0.1, 0.15) is 25.5 Å². The van der Waals surface area contributed by atoms with E-state index in [0.29, 0.717) is 33.9 Å². The number of nitrogens with zero attached hydrogens (tertiary/aromatic N) is 2. The second-order valence-electron chi connectivity index (χ2n) is 4.93. The van der Waals surface area contributed by atoms with Crippen molar-refractivity contribution in [2.45, 2.75) is 30.4 Å². The second kappa shape index (κ2) is 6.34. The lowest BCUT2D eigenvalue weighted by atomic mass is 10.1. The molecule has 0 fully saturated rings. The predicted octanol–water partition coefficient (Wildman–Crippen LogP) is 4.18. The Balaban J connectivity index is 2.35. The summed E-state index contributed by atoms with van der Waals surface area (Å²) >= 11 is 0.503. The van der Waals surface area contributed by atoms with Crippen LogP contribution in [0.15, 0.2) is 29.2 Å². The summed E-state index contributed by atoms with van der Waals surface area (Å²) in [6, 6.07) is 6.90. The van der Waals surface area contributed by atoms with Crippen LogP contribution < -0.4 is 11.1 Å². The zero-order chi connectivity index (χ0) is 15.6. The molecule has 0 spiro atoms. The first-order chi connectivity index (χ1) is 9.90. The molecule has 0 aliphatic heterocycles. The van der Waals surface area contributed by atoms with Crippen molar-refractivity contribution in [3.05, 3.63) is 30.0 Å². The lowest BCUT2D eigenvalue weighted by molar-refractivity contribution is 0.252. The van der Waals surface area contributed by atoms with Gasteiger partial charge in [-0.3, -0.25) is 4.68 Å². The van der Waals surface area contributed by atoms with Gasteiger partial charge in [-0.25, -0.2) is 0 Å². The summed E-state index contributed by atoms with van der Waals surface area (Å²) in [5.41, 5.74) is 8.03. The molecule has 2 aromatic rings. The third-order valence-electron chi connectivity index (χ3n) is 3.02. The Hall–Kier alpha value is -1.76. The van der Waals surface area contributed by atoms with E-state index in [0.717, 1.165) is 5.69 Å². The monoisotopic (exact) mass is 312 g/mol. The van der Waals surface area contributed by atoms with Gasteiger partial charge >= 0.3 is 0 Å². The Kier molecular flexibility index (Phi) is 4.72. The third kappa shape index (κ3) is 3.47. The van der Waals surface area contributed by atoms with Crippen LogP contribution in [0.4, 0.5) is 26.0 Å². The number of rotatable bonds is 5. The molecule has 21 heavy (non-hydrogen) atoms. The molecule has 7 heteroatoms. The van der Waals surface area contributed by atoms with Gasteiger partial charge in [-0.05, 0) is 18.1 Å². The molecule has 114 valence electrons. The maximum atomic E-state index is 12.6. The molecule has 0 atom stereocenters. The van der Waals surface area contributed by atoms with Crippen LogP contribution in [0, 0.1) is 0 Å². The molecule has 0 bridgehead atoms. The van der Waals surface area contributed by atoms with Crippen molar-refractivity contribution in [2.24, 2.45) is 7.05 Å². The number of halogens is 2. The normalized spacial score (nSPS) is 11.4. The van der Waals surface area contributed by atoms with Gasteiger partial charge in [0.25, 0.3) is 5.76 Å². The van der Waals surface area contributed by atoms with E-state index in [1.54, 1.807) is 36.0 Å². The number of nitrogen functional groups attached to an aromatic ring is 1. The molecule has 3 N–H and O–H groups in total. The number of thioether (sulfide) groups is 1. The number of hydrogen-bond acceptors (Lipinski definition) is 4. The summed E-state index contributed by atoms with van der Waals surface area (Å²) < 4.78 is 26.8. The van der Waals surface area contributed by atoms with E-state index in [2.05, 4.69) is 10.4 Å². The van der Waals surface area contributed by atoms with E-state index in [4.69, 9.17) is 5.73 Å². The van der Waals surface area contributed by atoms with E-state index in [1.807, 2.05) is 13.8 Å². The van der Waals surface area contributed by atoms with Gasteiger partial charge in [0, 0.05) is 11.9 Å². The van der Waals surface area contributed by atoms with Gasteiger partial charge in [0.15, 0.2) is 5.82 Å². The Labute approximate surface area is 126 Å². The maximum absolute atomic E-state index is 12.6. The molecular formula is C14H18F2N4S. The van der Waals surface area contributed by atoms with Crippen LogP contribution in [-0.4, -0.2) is 15.5 Å². The van der Waals surface area contributed by atoms with Gasteiger partial charge in [-0.15, -0.1) is 0 Å². The van der Waals surface area contributed by atoms with Gasteiger partial charge in [-0.2, -0.15) is 13.9 Å². The van der Waals surface area contributed by atoms with E-state index < -0.39 is 5.76 Å². The topological polar surface area (TPSA) is 55.9 Å². The average Bonchev–Trinajstić information content (AvgIpc) is 2.68. The zero-order valence-corrected chi connectivity index (χ0v) is 12.9. The van der Waals surface area contributed by atoms with Gasteiger partial charge in [-0.1, -0.05) is 37.7 Å². The molecule has 0 saturated carbocycles. The van der Waals surface area contributed by atoms with Crippen molar-refractivity contribution in [2.75, 3.05) is 11.1 Å². The lowest BCUT2D eigenvalue weighted by Crippen LogP contribution is -2.02. The highest BCUT2D eigenvalue weighted by atomic mass is 32.2. The number of benzene rings is 1. The fraction of sp³-hybridized carbons (Fsp3) is 0.357. The SMILES string of the molecule is CC(C)c1nn(C)c(Nc2ccccc2SC(F)F)c1N. The van der Waals surface area contributed by atoms with Crippen LogP contribution in [0.2, 0.25) is 0 Å². The fourth-order valence-electron chi connectivity index (χ4n) is 2.03. The van der Waals surface area contributed by atoms with E-state index in [9.17, 15) is 8.78 Å². The summed E-state index contributed by atoms with van der Waals surface area (Å²) in [6.07, 6.45) is 0. The van der Waals surface area contributed by atoms with Crippen LogP contribution in [-0.2, 0) is 7.05 Å². The number of aryl methyl sites for hydroxylation is 1. The number of aromatic nitrogens is 2. The number of nitrogens with two attached hydrogens (primary N) is 1. The number of para-hydroxylation sites is 1. The van der Waals surface area contributed by atoms with E-state index in [-0.39, 0.29) is 5.92 Å². The molecule has 4 nitrogen and oxygen atoms in total. The van der Waals surface area contributed by atoms with E-state index >= 15 is 0 Å². The molecule has 0 amide bonds. The van der Waals surface area contributed by atoms with Crippen molar-refractivity contribution in [1.82, 2.24) is 9.78 Å². The maximum Gasteiger partial charge on any atom is 0.288 e. The third-order valence-corrected chi connectivity index (χ3v) is 3.80. The van der Waals surface area contributed by atoms with Crippen molar-refractivity contribution in [3.63, 3.8) is 0 Å². The lowest BCUT2D eigenvalue weighted by Gasteiger charge is -2.12. The van der Waals surface area contributed by atoms with Gasteiger partial charge in [0.2, 0.25) is 0 Å². The summed E-state index contributed by atoms with van der Waals surface area (Å²) in [6.45, 7) is 4.01. The molecule has 0 saturated heterocycles. The van der Waals surface area contributed by atoms with Crippen molar-refractivity contribution >= 4 is 29.0 Å². The minimum atomic E-state index is -2.47. The number of nitrogens with one attached hydrogen (secondary N) is 1. The van der Waals surface area contributed by atoms with Crippen molar-refractivity contribution < 1.29 is 8.78 Å². The van der Waals surface area contributed by atoms with Crippen molar-refractivity contribution in [3.8, 4) is 0 Å². The fourth-order valence-corrected chi connectivity index (χ4v) is 2.63. The van der Waals surface area contributed by atoms with Crippen LogP contribution >= 0.6 is 11.8 Å². The standard InChI is InChI=1S/C14H18F2N4S/c1-8(2)12-11(17)13(20(3)19-12)18-9-6-4-5-7-10(9)21-14(15)16/h4-8,14,18H,17H2,1-3H3. The van der Waals surface area contributed by atoms with E-state index in [1.165, 1.54) is 0 Å². The van der Waals surface area contributed by atoms with Crippen molar-refractivity contribution in [1.29, 1.82) is 0 Å². The predicted molar refractivity (Wildman–Crippen MR) is 83.3 cm³/mol. The largest absolute Gasteiger partial charge is 0.394 e. The van der Waals surface area contributed by atoms with Crippen LogP contribution in [0.25, 0.3) is 0 Å². The summed E-state index contributed by atoms with van der Waals surface area (Å²) in [5, 5.41) is 7.48. The number of hydrogen-bond donors (Lipinski definition) is 2. The first kappa shape index (κ1) is 15.6. The minimum absolute atomic E-state index is 0.192. The smallest absolute Gasteiger partial charge is 0.288 e. The molecule has 0 unspecified atom stereocenters. The molecular weight excluding hydrogens is 294 g/mol. The first-order valence-corrected chi connectivity index (χ1v) is 7.41. The molecule has 1 aromatic carbocycles. The Morgan fingerprint density at radius 3 is 2.52 bits per heavy atom. The molecule has 1 aromatic heterocycles. The molecule has 2 rings (SSSR count). The second-order valence-corrected chi connectivity index (χ2v) is 5.96. The Bertz CT molecular complexity index is 625. The minimum Gasteiger partial charge on any atom is -0.394 e. The highest BCUT2D eigenvalue weighted by molar-refractivity contribution is 7.99. The number of anilines is 3. The molecule has 0 aliphatic rings. The van der Waals surface area contributed by atoms with Gasteiger partial charge < -0.3 is 11.1 Å². The summed E-state index contributed by atoms with van der Waals surface area (Å²) in [4.78, 5) is 0.471. The van der Waals surface area contributed by atoms with Gasteiger partial charge in [0.1, 0.15) is 0 Å². The molecule has 0 radical (unpaired) electrons. The van der Waals surface area contributed by atoms with Crippen LogP contribution in [0.5, 0.6) is 0 Å². The molecule has 0 aliphatic carbocycles. The zero-order valence-electron chi connectivity index (χ0n) is 12.1. The average molecular weight is 312 g/mol. The first-order valence-electron chi connectivity index (χ1n) is 6.53. The number of alkyl halides is 2. The quantitative estimate of drug-likeness (QED) is 0.813. The Morgan fingerprint density at radius 2 is 1.95 bits per heavy atom. The highest BCUT2D eigenvalue weighted by Crippen LogP contribution is 2.36. The molecule has 1 heterocycles.